The molecule has 1 heterocycles. The first-order chi connectivity index (χ1) is 19.5. The highest BCUT2D eigenvalue weighted by atomic mass is 35.5. The van der Waals surface area contributed by atoms with Crippen molar-refractivity contribution in [2.24, 2.45) is 0 Å². The van der Waals surface area contributed by atoms with Crippen LogP contribution in [-0.2, 0) is 29.0 Å². The molecule has 0 bridgehead atoms. The molecule has 0 saturated heterocycles. The summed E-state index contributed by atoms with van der Waals surface area (Å²) < 4.78 is 10.9. The predicted octanol–water partition coefficient (Wildman–Crippen LogP) is 6.74. The molecule has 0 spiro atoms. The van der Waals surface area contributed by atoms with Crippen molar-refractivity contribution in [2.45, 2.75) is 70.0 Å². The van der Waals surface area contributed by atoms with Crippen LogP contribution in [0.15, 0.2) is 66.7 Å². The van der Waals surface area contributed by atoms with Gasteiger partial charge in [0.15, 0.2) is 11.5 Å². The van der Waals surface area contributed by atoms with Crippen molar-refractivity contribution in [3.05, 3.63) is 93.5 Å². The van der Waals surface area contributed by atoms with Gasteiger partial charge in [0.25, 0.3) is 0 Å². The van der Waals surface area contributed by atoms with E-state index in [1.165, 1.54) is 6.42 Å². The zero-order chi connectivity index (χ0) is 27.9. The zero-order valence-electron chi connectivity index (χ0n) is 22.4. The molecule has 1 saturated carbocycles. The maximum Gasteiger partial charge on any atom is 0.243 e. The molecule has 2 amide bonds. The molecule has 0 radical (unpaired) electrons. The van der Waals surface area contributed by atoms with Gasteiger partial charge in [0, 0.05) is 25.4 Å². The van der Waals surface area contributed by atoms with Gasteiger partial charge < -0.3 is 19.7 Å². The third-order valence-electron chi connectivity index (χ3n) is 7.62. The molecule has 210 valence electrons. The molecule has 1 aliphatic heterocycles. The van der Waals surface area contributed by atoms with Crippen molar-refractivity contribution in [2.75, 3.05) is 6.79 Å². The van der Waals surface area contributed by atoms with Crippen LogP contribution in [0.1, 0.15) is 55.2 Å². The summed E-state index contributed by atoms with van der Waals surface area (Å²) in [6.45, 7) is 0.443. The van der Waals surface area contributed by atoms with Crippen LogP contribution in [0.4, 0.5) is 0 Å². The molecule has 0 aromatic heterocycles. The quantitative estimate of drug-likeness (QED) is 0.288. The summed E-state index contributed by atoms with van der Waals surface area (Å²) in [7, 11) is 0. The first kappa shape index (κ1) is 28.3. The van der Waals surface area contributed by atoms with Gasteiger partial charge in [0.1, 0.15) is 6.04 Å². The van der Waals surface area contributed by atoms with Gasteiger partial charge in [-0.15, -0.1) is 0 Å². The van der Waals surface area contributed by atoms with Crippen molar-refractivity contribution in [1.82, 2.24) is 10.2 Å². The SMILES string of the molecule is O=C(NC1CCCCC1)[C@@H](Cc1ccccc1)N(Cc1ccc(Cl)c(Cl)c1)C(=O)CCc1ccc2c(c1)OCO2. The topological polar surface area (TPSA) is 67.9 Å². The summed E-state index contributed by atoms with van der Waals surface area (Å²) in [5.41, 5.74) is 2.78. The highest BCUT2D eigenvalue weighted by molar-refractivity contribution is 6.42. The van der Waals surface area contributed by atoms with E-state index in [-0.39, 0.29) is 37.6 Å². The Balaban J connectivity index is 1.41. The lowest BCUT2D eigenvalue weighted by Gasteiger charge is -2.33. The van der Waals surface area contributed by atoms with E-state index >= 15 is 0 Å². The maximum absolute atomic E-state index is 14.0. The van der Waals surface area contributed by atoms with E-state index in [4.69, 9.17) is 32.7 Å². The highest BCUT2D eigenvalue weighted by Crippen LogP contribution is 2.33. The fraction of sp³-hybridized carbons (Fsp3) is 0.375. The van der Waals surface area contributed by atoms with E-state index in [0.29, 0.717) is 34.4 Å². The molecule has 1 atom stereocenters. The van der Waals surface area contributed by atoms with E-state index in [1.54, 1.807) is 17.0 Å². The second-order valence-corrected chi connectivity index (χ2v) is 11.3. The number of benzene rings is 3. The van der Waals surface area contributed by atoms with Gasteiger partial charge in [-0.05, 0) is 60.2 Å². The number of hydrogen-bond donors (Lipinski definition) is 1. The van der Waals surface area contributed by atoms with Gasteiger partial charge in [0.2, 0.25) is 18.6 Å². The van der Waals surface area contributed by atoms with Crippen LogP contribution in [0.25, 0.3) is 0 Å². The molecule has 5 rings (SSSR count). The van der Waals surface area contributed by atoms with Gasteiger partial charge in [-0.3, -0.25) is 9.59 Å². The first-order valence-electron chi connectivity index (χ1n) is 13.9. The number of nitrogens with one attached hydrogen (secondary N) is 1. The van der Waals surface area contributed by atoms with Crippen molar-refractivity contribution in [1.29, 1.82) is 0 Å². The number of ether oxygens (including phenoxy) is 2. The molecular formula is C32H34Cl2N2O4. The van der Waals surface area contributed by atoms with Crippen LogP contribution in [0.5, 0.6) is 11.5 Å². The van der Waals surface area contributed by atoms with E-state index in [9.17, 15) is 9.59 Å². The summed E-state index contributed by atoms with van der Waals surface area (Å²) in [6.07, 6.45) is 6.51. The average molecular weight is 582 g/mol. The number of halogens is 2. The molecule has 3 aromatic rings. The standard InChI is InChI=1S/C32H34Cl2N2O4/c33-26-14-11-24(17-27(26)34)20-36(31(37)16-13-23-12-15-29-30(19-23)40-21-39-29)28(18-22-7-3-1-4-8-22)32(38)35-25-9-5-2-6-10-25/h1,3-4,7-8,11-12,14-15,17,19,25,28H,2,5-6,9-10,13,16,18,20-21H2,(H,35,38)/t28-/m1/s1. The number of hydrogen-bond acceptors (Lipinski definition) is 4. The lowest BCUT2D eigenvalue weighted by Crippen LogP contribution is -2.52. The summed E-state index contributed by atoms with van der Waals surface area (Å²) in [6, 6.07) is 20.4. The minimum atomic E-state index is -0.678. The summed E-state index contributed by atoms with van der Waals surface area (Å²) in [4.78, 5) is 29.6. The number of amides is 2. The molecule has 1 N–H and O–H groups in total. The van der Waals surface area contributed by atoms with E-state index < -0.39 is 6.04 Å². The number of fused-ring (bicyclic) bond motifs is 1. The van der Waals surface area contributed by atoms with Gasteiger partial charge in [-0.2, -0.15) is 0 Å². The number of carbonyl (C=O) groups is 2. The van der Waals surface area contributed by atoms with E-state index in [2.05, 4.69) is 5.32 Å². The Morgan fingerprint density at radius 2 is 1.60 bits per heavy atom. The summed E-state index contributed by atoms with van der Waals surface area (Å²) in [5, 5.41) is 4.13. The monoisotopic (exact) mass is 580 g/mol. The molecule has 40 heavy (non-hydrogen) atoms. The smallest absolute Gasteiger partial charge is 0.243 e. The second kappa shape index (κ2) is 13.4. The van der Waals surface area contributed by atoms with E-state index in [1.807, 2.05) is 54.6 Å². The van der Waals surface area contributed by atoms with Gasteiger partial charge in [-0.1, -0.05) is 84.9 Å². The summed E-state index contributed by atoms with van der Waals surface area (Å²) >= 11 is 12.5. The number of nitrogens with zero attached hydrogens (tertiary/aromatic N) is 1. The molecule has 0 unspecified atom stereocenters. The van der Waals surface area contributed by atoms with Crippen LogP contribution < -0.4 is 14.8 Å². The Morgan fingerprint density at radius 3 is 2.38 bits per heavy atom. The molecule has 3 aromatic carbocycles. The van der Waals surface area contributed by atoms with Crippen molar-refractivity contribution in [3.8, 4) is 11.5 Å². The molecule has 1 fully saturated rings. The fourth-order valence-corrected chi connectivity index (χ4v) is 5.74. The number of carbonyl (C=O) groups excluding carboxylic acids is 2. The average Bonchev–Trinajstić information content (AvgIpc) is 3.44. The Labute approximate surface area is 245 Å². The minimum Gasteiger partial charge on any atom is -0.454 e. The van der Waals surface area contributed by atoms with Crippen molar-refractivity contribution >= 4 is 35.0 Å². The van der Waals surface area contributed by atoms with Crippen molar-refractivity contribution < 1.29 is 19.1 Å². The molecular weight excluding hydrogens is 547 g/mol. The van der Waals surface area contributed by atoms with Gasteiger partial charge in [-0.25, -0.2) is 0 Å². The lowest BCUT2D eigenvalue weighted by atomic mass is 9.94. The zero-order valence-corrected chi connectivity index (χ0v) is 23.9. The van der Waals surface area contributed by atoms with Crippen LogP contribution in [0, 0.1) is 0 Å². The van der Waals surface area contributed by atoms with E-state index in [0.717, 1.165) is 42.4 Å². The van der Waals surface area contributed by atoms with Crippen molar-refractivity contribution in [3.63, 3.8) is 0 Å². The second-order valence-electron chi connectivity index (χ2n) is 10.5. The fourth-order valence-electron chi connectivity index (χ4n) is 5.42. The summed E-state index contributed by atoms with van der Waals surface area (Å²) in [5.74, 6) is 1.17. The third-order valence-corrected chi connectivity index (χ3v) is 8.36. The third kappa shape index (κ3) is 7.29. The highest BCUT2D eigenvalue weighted by Gasteiger charge is 2.32. The Hall–Kier alpha value is -3.22. The minimum absolute atomic E-state index is 0.108. The van der Waals surface area contributed by atoms with Crippen LogP contribution in [0.3, 0.4) is 0 Å². The molecule has 1 aliphatic carbocycles. The molecule has 8 heteroatoms. The van der Waals surface area contributed by atoms with Crippen LogP contribution in [0.2, 0.25) is 10.0 Å². The lowest BCUT2D eigenvalue weighted by molar-refractivity contribution is -0.141. The first-order valence-corrected chi connectivity index (χ1v) is 14.7. The normalized spacial score (nSPS) is 15.4. The number of rotatable bonds is 10. The van der Waals surface area contributed by atoms with Crippen LogP contribution >= 0.6 is 23.2 Å². The maximum atomic E-state index is 14.0. The molecule has 2 aliphatic rings. The Bertz CT molecular complexity index is 1330. The Kier molecular flexibility index (Phi) is 9.50. The van der Waals surface area contributed by atoms with Gasteiger partial charge >= 0.3 is 0 Å². The van der Waals surface area contributed by atoms with Gasteiger partial charge in [0.05, 0.1) is 10.0 Å². The molecule has 6 nitrogen and oxygen atoms in total. The predicted molar refractivity (Wildman–Crippen MR) is 157 cm³/mol. The largest absolute Gasteiger partial charge is 0.454 e. The van der Waals surface area contributed by atoms with Crippen LogP contribution in [-0.4, -0.2) is 35.6 Å². The Morgan fingerprint density at radius 1 is 0.850 bits per heavy atom. The number of aryl methyl sites for hydroxylation is 1.